The maximum Gasteiger partial charge on any atom is 0.150 e. The van der Waals surface area contributed by atoms with E-state index in [2.05, 4.69) is 12.6 Å². The maximum absolute atomic E-state index is 10.6. The van der Waals surface area contributed by atoms with Crippen LogP contribution in [-0.2, 0) is 0 Å². The van der Waals surface area contributed by atoms with Crippen LogP contribution in [0.5, 0.6) is 11.5 Å². The van der Waals surface area contributed by atoms with Crippen molar-refractivity contribution < 1.29 is 9.53 Å². The Morgan fingerprint density at radius 1 is 1.06 bits per heavy atom. The van der Waals surface area contributed by atoms with Gasteiger partial charge in [0.05, 0.1) is 0 Å². The molecule has 2 aromatic rings. The van der Waals surface area contributed by atoms with Crippen LogP contribution in [0.25, 0.3) is 0 Å². The van der Waals surface area contributed by atoms with Crippen LogP contribution >= 0.6 is 12.6 Å². The lowest BCUT2D eigenvalue weighted by Crippen LogP contribution is -1.87. The summed E-state index contributed by atoms with van der Waals surface area (Å²) in [6.07, 6.45) is 0.783. The summed E-state index contributed by atoms with van der Waals surface area (Å²) in [4.78, 5) is 11.3. The molecule has 0 aromatic heterocycles. The molecule has 0 aliphatic rings. The SMILES string of the molecule is O=Cc1ccc(S)c(Oc2ccccc2)c1. The van der Waals surface area contributed by atoms with Crippen LogP contribution in [-0.4, -0.2) is 6.29 Å². The molecule has 80 valence electrons. The Morgan fingerprint density at radius 3 is 2.50 bits per heavy atom. The van der Waals surface area contributed by atoms with Gasteiger partial charge in [-0.1, -0.05) is 24.3 Å². The Labute approximate surface area is 99.3 Å². The molecule has 0 radical (unpaired) electrons. The average Bonchev–Trinajstić information content (AvgIpc) is 2.33. The van der Waals surface area contributed by atoms with Crippen molar-refractivity contribution >= 4 is 18.9 Å². The normalized spacial score (nSPS) is 9.81. The first-order valence-corrected chi connectivity index (χ1v) is 5.25. The Morgan fingerprint density at radius 2 is 1.81 bits per heavy atom. The minimum absolute atomic E-state index is 0.573. The summed E-state index contributed by atoms with van der Waals surface area (Å²) in [6.45, 7) is 0. The highest BCUT2D eigenvalue weighted by Gasteiger charge is 2.03. The monoisotopic (exact) mass is 230 g/mol. The van der Waals surface area contributed by atoms with Gasteiger partial charge in [0, 0.05) is 10.5 Å². The van der Waals surface area contributed by atoms with Crippen molar-refractivity contribution in [2.75, 3.05) is 0 Å². The summed E-state index contributed by atoms with van der Waals surface area (Å²) >= 11 is 4.27. The molecule has 0 heterocycles. The molecular weight excluding hydrogens is 220 g/mol. The zero-order valence-corrected chi connectivity index (χ0v) is 9.35. The minimum Gasteiger partial charge on any atom is -0.456 e. The highest BCUT2D eigenvalue weighted by Crippen LogP contribution is 2.28. The van der Waals surface area contributed by atoms with Gasteiger partial charge in [0.15, 0.2) is 0 Å². The molecule has 2 aromatic carbocycles. The van der Waals surface area contributed by atoms with Crippen LogP contribution in [0.3, 0.4) is 0 Å². The predicted molar refractivity (Wildman–Crippen MR) is 65.6 cm³/mol. The topological polar surface area (TPSA) is 26.3 Å². The molecule has 0 unspecified atom stereocenters. The molecule has 0 saturated carbocycles. The molecule has 0 atom stereocenters. The van der Waals surface area contributed by atoms with Gasteiger partial charge in [-0.2, -0.15) is 0 Å². The van der Waals surface area contributed by atoms with Gasteiger partial charge in [-0.3, -0.25) is 4.79 Å². The molecule has 16 heavy (non-hydrogen) atoms. The van der Waals surface area contributed by atoms with Crippen LogP contribution in [0.2, 0.25) is 0 Å². The molecular formula is C13H10O2S. The van der Waals surface area contributed by atoms with Gasteiger partial charge in [0.1, 0.15) is 17.8 Å². The van der Waals surface area contributed by atoms with Crippen molar-refractivity contribution in [3.63, 3.8) is 0 Å². The van der Waals surface area contributed by atoms with Crippen LogP contribution in [0.1, 0.15) is 10.4 Å². The summed E-state index contributed by atoms with van der Waals surface area (Å²) in [5, 5.41) is 0. The molecule has 0 aliphatic carbocycles. The molecule has 0 amide bonds. The van der Waals surface area contributed by atoms with Crippen molar-refractivity contribution in [3.8, 4) is 11.5 Å². The molecule has 0 aliphatic heterocycles. The molecule has 0 N–H and O–H groups in total. The van der Waals surface area contributed by atoms with Gasteiger partial charge < -0.3 is 4.74 Å². The summed E-state index contributed by atoms with van der Waals surface area (Å²) in [5.74, 6) is 1.31. The van der Waals surface area contributed by atoms with E-state index in [4.69, 9.17) is 4.74 Å². The van der Waals surface area contributed by atoms with Crippen molar-refractivity contribution in [1.29, 1.82) is 0 Å². The molecule has 0 spiro atoms. The van der Waals surface area contributed by atoms with Gasteiger partial charge in [-0.05, 0) is 24.3 Å². The Kier molecular flexibility index (Phi) is 3.27. The lowest BCUT2D eigenvalue weighted by molar-refractivity contribution is 0.112. The first kappa shape index (κ1) is 10.8. The minimum atomic E-state index is 0.573. The van der Waals surface area contributed by atoms with Crippen LogP contribution in [0.15, 0.2) is 53.4 Å². The Bertz CT molecular complexity index is 495. The van der Waals surface area contributed by atoms with Crippen molar-refractivity contribution in [2.24, 2.45) is 0 Å². The second kappa shape index (κ2) is 4.86. The number of ether oxygens (including phenoxy) is 1. The van der Waals surface area contributed by atoms with E-state index in [-0.39, 0.29) is 0 Å². The number of thiol groups is 1. The van der Waals surface area contributed by atoms with E-state index in [9.17, 15) is 4.79 Å². The molecule has 3 heteroatoms. The van der Waals surface area contributed by atoms with E-state index >= 15 is 0 Å². The van der Waals surface area contributed by atoms with Crippen molar-refractivity contribution in [3.05, 3.63) is 54.1 Å². The number of aldehydes is 1. The van der Waals surface area contributed by atoms with Crippen LogP contribution in [0.4, 0.5) is 0 Å². The Hall–Kier alpha value is -1.74. The molecule has 2 rings (SSSR count). The largest absolute Gasteiger partial charge is 0.456 e. The molecule has 0 fully saturated rings. The average molecular weight is 230 g/mol. The van der Waals surface area contributed by atoms with E-state index in [1.165, 1.54) is 0 Å². The maximum atomic E-state index is 10.6. The number of hydrogen-bond donors (Lipinski definition) is 1. The van der Waals surface area contributed by atoms with Gasteiger partial charge in [-0.15, -0.1) is 12.6 Å². The predicted octanol–water partition coefficient (Wildman–Crippen LogP) is 3.58. The van der Waals surface area contributed by atoms with E-state index < -0.39 is 0 Å². The number of para-hydroxylation sites is 1. The van der Waals surface area contributed by atoms with Gasteiger partial charge in [0.25, 0.3) is 0 Å². The zero-order valence-electron chi connectivity index (χ0n) is 8.46. The lowest BCUT2D eigenvalue weighted by atomic mass is 10.2. The number of benzene rings is 2. The second-order valence-corrected chi connectivity index (χ2v) is 3.74. The van der Waals surface area contributed by atoms with E-state index in [0.717, 1.165) is 12.0 Å². The third kappa shape index (κ3) is 2.44. The van der Waals surface area contributed by atoms with Crippen molar-refractivity contribution in [1.82, 2.24) is 0 Å². The zero-order chi connectivity index (χ0) is 11.4. The summed E-state index contributed by atoms with van der Waals surface area (Å²) in [5.41, 5.74) is 0.573. The van der Waals surface area contributed by atoms with E-state index in [0.29, 0.717) is 16.2 Å². The van der Waals surface area contributed by atoms with Gasteiger partial charge >= 0.3 is 0 Å². The fraction of sp³-hybridized carbons (Fsp3) is 0. The van der Waals surface area contributed by atoms with Crippen LogP contribution < -0.4 is 4.74 Å². The first-order valence-electron chi connectivity index (χ1n) is 4.80. The fourth-order valence-electron chi connectivity index (χ4n) is 1.30. The molecule has 2 nitrogen and oxygen atoms in total. The third-order valence-electron chi connectivity index (χ3n) is 2.09. The quantitative estimate of drug-likeness (QED) is 0.644. The summed E-state index contributed by atoms with van der Waals surface area (Å²) < 4.78 is 5.62. The lowest BCUT2D eigenvalue weighted by Gasteiger charge is -2.08. The highest BCUT2D eigenvalue weighted by atomic mass is 32.1. The number of rotatable bonds is 3. The summed E-state index contributed by atoms with van der Waals surface area (Å²) in [7, 11) is 0. The van der Waals surface area contributed by atoms with Crippen molar-refractivity contribution in [2.45, 2.75) is 4.90 Å². The highest BCUT2D eigenvalue weighted by molar-refractivity contribution is 7.80. The first-order chi connectivity index (χ1) is 7.79. The fourth-order valence-corrected chi connectivity index (χ4v) is 1.49. The summed E-state index contributed by atoms with van der Waals surface area (Å²) in [6, 6.07) is 14.5. The smallest absolute Gasteiger partial charge is 0.150 e. The van der Waals surface area contributed by atoms with E-state index in [1.807, 2.05) is 30.3 Å². The number of carbonyl (C=O) groups is 1. The van der Waals surface area contributed by atoms with Gasteiger partial charge in [-0.25, -0.2) is 0 Å². The standard InChI is InChI=1S/C13H10O2S/c14-9-10-6-7-13(16)12(8-10)15-11-4-2-1-3-5-11/h1-9,16H. The Balaban J connectivity index is 2.30. The van der Waals surface area contributed by atoms with Gasteiger partial charge in [0.2, 0.25) is 0 Å². The molecule has 0 saturated heterocycles. The number of carbonyl (C=O) groups excluding carboxylic acids is 1. The molecule has 0 bridgehead atoms. The van der Waals surface area contributed by atoms with Crippen LogP contribution in [0, 0.1) is 0 Å². The van der Waals surface area contributed by atoms with E-state index in [1.54, 1.807) is 18.2 Å². The number of hydrogen-bond acceptors (Lipinski definition) is 3. The third-order valence-corrected chi connectivity index (χ3v) is 2.46. The second-order valence-electron chi connectivity index (χ2n) is 3.26.